The molecule has 0 bridgehead atoms. The molecule has 1 saturated heterocycles. The lowest BCUT2D eigenvalue weighted by molar-refractivity contribution is -0.136. The molecule has 0 aromatic carbocycles. The van der Waals surface area contributed by atoms with Gasteiger partial charge in [-0.05, 0) is 39.5 Å². The molecule has 1 amide bonds. The lowest BCUT2D eigenvalue weighted by atomic mass is 9.90. The number of nitrogens with one attached hydrogen (secondary N) is 2. The minimum atomic E-state index is -0.423. The van der Waals surface area contributed by atoms with E-state index in [4.69, 9.17) is 10.5 Å². The summed E-state index contributed by atoms with van der Waals surface area (Å²) >= 11 is 0. The molecule has 3 aliphatic rings. The van der Waals surface area contributed by atoms with E-state index in [9.17, 15) is 4.79 Å². The van der Waals surface area contributed by atoms with Crippen LogP contribution in [0, 0.1) is 17.4 Å². The third-order valence-corrected chi connectivity index (χ3v) is 7.48. The third kappa shape index (κ3) is 4.70. The van der Waals surface area contributed by atoms with Gasteiger partial charge in [0.15, 0.2) is 0 Å². The summed E-state index contributed by atoms with van der Waals surface area (Å²) in [4.78, 5) is 22.3. The molecule has 3 atom stereocenters. The lowest BCUT2D eigenvalue weighted by Gasteiger charge is -2.47. The summed E-state index contributed by atoms with van der Waals surface area (Å²) in [6.45, 7) is 11.0. The Bertz CT molecular complexity index is 777. The van der Waals surface area contributed by atoms with Gasteiger partial charge < -0.3 is 15.1 Å². The van der Waals surface area contributed by atoms with E-state index in [0.717, 1.165) is 24.4 Å². The zero-order chi connectivity index (χ0) is 22.8. The van der Waals surface area contributed by atoms with E-state index in [1.165, 1.54) is 31.4 Å². The average Bonchev–Trinajstić information content (AvgIpc) is 3.27. The quantitative estimate of drug-likeness (QED) is 0.603. The predicted molar refractivity (Wildman–Crippen MR) is 125 cm³/mol. The number of piperazine rings is 1. The summed E-state index contributed by atoms with van der Waals surface area (Å²) in [7, 11) is 1.89. The molecule has 2 heterocycles. The first-order chi connectivity index (χ1) is 14.7. The first kappa shape index (κ1) is 23.5. The Balaban J connectivity index is 1.89. The van der Waals surface area contributed by atoms with Gasteiger partial charge in [-0.1, -0.05) is 39.7 Å². The minimum Gasteiger partial charge on any atom is -0.355 e. The van der Waals surface area contributed by atoms with Crippen molar-refractivity contribution < 1.29 is 4.79 Å². The number of aliphatic imine (C=N–C) groups is 1. The van der Waals surface area contributed by atoms with Crippen LogP contribution in [0.15, 0.2) is 33.8 Å². The van der Waals surface area contributed by atoms with Gasteiger partial charge in [0.25, 0.3) is 0 Å². The van der Waals surface area contributed by atoms with Crippen molar-refractivity contribution >= 4 is 11.7 Å². The number of allylic oxidation sites excluding steroid dienone is 1. The van der Waals surface area contributed by atoms with E-state index in [1.54, 1.807) is 0 Å². The third-order valence-electron chi connectivity index (χ3n) is 7.48. The molecule has 31 heavy (non-hydrogen) atoms. The Labute approximate surface area is 187 Å². The van der Waals surface area contributed by atoms with E-state index in [1.807, 2.05) is 32.0 Å². The molecule has 3 rings (SSSR count). The number of amidine groups is 1. The molecule has 1 aliphatic carbocycles. The second kappa shape index (κ2) is 9.53. The van der Waals surface area contributed by atoms with Crippen LogP contribution in [-0.2, 0) is 4.79 Å². The van der Waals surface area contributed by atoms with Crippen LogP contribution in [0.5, 0.6) is 0 Å². The Morgan fingerprint density at radius 3 is 2.58 bits per heavy atom. The Morgan fingerprint density at radius 2 is 1.97 bits per heavy atom. The number of hydrogen-bond acceptors (Lipinski definition) is 5. The highest BCUT2D eigenvalue weighted by atomic mass is 16.2. The van der Waals surface area contributed by atoms with Crippen LogP contribution < -0.4 is 5.32 Å². The van der Waals surface area contributed by atoms with Gasteiger partial charge >= 0.3 is 0 Å². The highest BCUT2D eigenvalue weighted by molar-refractivity contribution is 5.88. The largest absolute Gasteiger partial charge is 0.355 e. The van der Waals surface area contributed by atoms with Gasteiger partial charge in [0.05, 0.1) is 16.9 Å². The summed E-state index contributed by atoms with van der Waals surface area (Å²) in [5, 5.41) is 7.20. The van der Waals surface area contributed by atoms with E-state index in [-0.39, 0.29) is 23.8 Å². The van der Waals surface area contributed by atoms with Crippen molar-refractivity contribution in [2.24, 2.45) is 21.9 Å². The smallest absolute Gasteiger partial charge is 0.249 e. The lowest BCUT2D eigenvalue weighted by Crippen LogP contribution is -2.56. The summed E-state index contributed by atoms with van der Waals surface area (Å²) in [6, 6.07) is 0.382. The van der Waals surface area contributed by atoms with Gasteiger partial charge in [0, 0.05) is 37.7 Å². The van der Waals surface area contributed by atoms with Gasteiger partial charge in [0.2, 0.25) is 5.91 Å². The summed E-state index contributed by atoms with van der Waals surface area (Å²) in [5.74, 6) is 1.53. The molecule has 2 N–H and O–H groups in total. The summed E-state index contributed by atoms with van der Waals surface area (Å²) in [6.07, 6.45) is 10.8. The van der Waals surface area contributed by atoms with Crippen molar-refractivity contribution in [2.45, 2.75) is 90.8 Å². The zero-order valence-corrected chi connectivity index (χ0v) is 20.1. The van der Waals surface area contributed by atoms with E-state index in [2.05, 4.69) is 42.2 Å². The minimum absolute atomic E-state index is 0.0731. The summed E-state index contributed by atoms with van der Waals surface area (Å²) < 4.78 is 0. The van der Waals surface area contributed by atoms with E-state index < -0.39 is 5.54 Å². The molecule has 1 unspecified atom stereocenters. The molecule has 0 aromatic heterocycles. The number of carbonyl (C=O) groups is 1. The number of fused-ring (bicyclic) bond motifs is 1. The van der Waals surface area contributed by atoms with Crippen LogP contribution in [-0.4, -0.2) is 52.8 Å². The normalized spacial score (nSPS) is 27.8. The maximum Gasteiger partial charge on any atom is 0.249 e. The molecule has 7 heteroatoms. The number of rotatable bonds is 6. The predicted octanol–water partition coefficient (Wildman–Crippen LogP) is 4.68. The molecule has 2 aliphatic heterocycles. The van der Waals surface area contributed by atoms with Crippen LogP contribution >= 0.6 is 0 Å². The van der Waals surface area contributed by atoms with Crippen LogP contribution in [0.1, 0.15) is 73.1 Å². The highest BCUT2D eigenvalue weighted by Crippen LogP contribution is 2.37. The van der Waals surface area contributed by atoms with Gasteiger partial charge in [-0.25, -0.2) is 5.53 Å². The fourth-order valence-corrected chi connectivity index (χ4v) is 4.77. The zero-order valence-electron chi connectivity index (χ0n) is 20.1. The van der Waals surface area contributed by atoms with E-state index >= 15 is 0 Å². The first-order valence-corrected chi connectivity index (χ1v) is 11.9. The van der Waals surface area contributed by atoms with Crippen molar-refractivity contribution in [1.29, 1.82) is 5.53 Å². The van der Waals surface area contributed by atoms with Gasteiger partial charge in [0.1, 0.15) is 11.9 Å². The van der Waals surface area contributed by atoms with Gasteiger partial charge in [-0.3, -0.25) is 9.79 Å². The monoisotopic (exact) mass is 428 g/mol. The van der Waals surface area contributed by atoms with Crippen LogP contribution in [0.2, 0.25) is 0 Å². The average molecular weight is 429 g/mol. The van der Waals surface area contributed by atoms with Gasteiger partial charge in [-0.2, -0.15) is 5.11 Å². The summed E-state index contributed by atoms with van der Waals surface area (Å²) in [5.41, 5.74) is 9.14. The van der Waals surface area contributed by atoms with Crippen molar-refractivity contribution in [1.82, 2.24) is 15.1 Å². The molecule has 7 nitrogen and oxygen atoms in total. The molecule has 1 saturated carbocycles. The molecule has 0 aromatic rings. The fourth-order valence-electron chi connectivity index (χ4n) is 4.77. The van der Waals surface area contributed by atoms with Gasteiger partial charge in [-0.15, -0.1) is 0 Å². The van der Waals surface area contributed by atoms with Crippen LogP contribution in [0.25, 0.3) is 0 Å². The molecule has 172 valence electrons. The number of amides is 1. The molecule has 2 fully saturated rings. The standard InChI is InChI=1S/C24H40N6O/c1-7-19-23(31)29(6)21-15-27-22(26-14-17(3)24(4,5)28-25)16(2)12-13-20(21)30(19)18-10-8-9-11-18/h13,15-19,25H,7-12,14H2,1-6H3,(H,26,27)/t16?,17-,19-/m1/s1. The number of likely N-dealkylation sites (N-methyl/N-ethyl adjacent to an activating group) is 1. The Kier molecular flexibility index (Phi) is 7.22. The van der Waals surface area contributed by atoms with E-state index in [0.29, 0.717) is 12.6 Å². The van der Waals surface area contributed by atoms with Crippen LogP contribution in [0.4, 0.5) is 0 Å². The second-order valence-corrected chi connectivity index (χ2v) is 9.96. The second-order valence-electron chi connectivity index (χ2n) is 9.96. The van der Waals surface area contributed by atoms with Crippen molar-refractivity contribution in [3.8, 4) is 0 Å². The van der Waals surface area contributed by atoms with Crippen LogP contribution in [0.3, 0.4) is 0 Å². The van der Waals surface area contributed by atoms with Crippen molar-refractivity contribution in [3.63, 3.8) is 0 Å². The first-order valence-electron chi connectivity index (χ1n) is 11.9. The number of nitrogens with zero attached hydrogens (tertiary/aromatic N) is 4. The fraction of sp³-hybridized carbons (Fsp3) is 0.750. The Morgan fingerprint density at radius 1 is 1.29 bits per heavy atom. The molecular weight excluding hydrogens is 388 g/mol. The maximum atomic E-state index is 13.2. The van der Waals surface area contributed by atoms with Crippen molar-refractivity contribution in [2.75, 3.05) is 13.6 Å². The molecule has 0 spiro atoms. The highest BCUT2D eigenvalue weighted by Gasteiger charge is 2.42. The number of hydrogen-bond donors (Lipinski definition) is 2. The topological polar surface area (TPSA) is 84.1 Å². The van der Waals surface area contributed by atoms with Crippen molar-refractivity contribution in [3.05, 3.63) is 23.7 Å². The maximum absolute atomic E-state index is 13.2. The SMILES string of the molecule is CC[C@@H]1C(=O)N(C)C2=CNC(=NC[C@@H](C)C(C)(C)N=N)C(C)CC=C2N1C1CCCC1. The number of carbonyl (C=O) groups excluding carboxylic acids is 1. The molecular formula is C24H40N6O. The molecule has 0 radical (unpaired) electrons. The Hall–Kier alpha value is -2.18.